The molecule has 0 saturated carbocycles. The molecule has 1 aromatic heterocycles. The molecule has 0 spiro atoms. The lowest BCUT2D eigenvalue weighted by Gasteiger charge is -2.15. The molecule has 114 valence electrons. The molecule has 1 fully saturated rings. The van der Waals surface area contributed by atoms with Crippen molar-refractivity contribution in [2.75, 3.05) is 19.0 Å². The molecule has 0 aromatic carbocycles. The predicted molar refractivity (Wildman–Crippen MR) is 79.4 cm³/mol. The van der Waals surface area contributed by atoms with Gasteiger partial charge in [0.05, 0.1) is 19.2 Å². The first kappa shape index (κ1) is 15.5. The van der Waals surface area contributed by atoms with Crippen molar-refractivity contribution in [2.24, 2.45) is 0 Å². The number of methoxy groups -OCH3 is 1. The van der Waals surface area contributed by atoms with Gasteiger partial charge in [-0.05, 0) is 24.3 Å². The van der Waals surface area contributed by atoms with Crippen molar-refractivity contribution >= 4 is 34.8 Å². The maximum Gasteiger partial charge on any atom is 0.350 e. The highest BCUT2D eigenvalue weighted by Gasteiger charge is 2.38. The summed E-state index contributed by atoms with van der Waals surface area (Å²) in [7, 11) is 1.31. The molecule has 1 unspecified atom stereocenters. The van der Waals surface area contributed by atoms with Gasteiger partial charge in [-0.2, -0.15) is 0 Å². The van der Waals surface area contributed by atoms with Crippen molar-refractivity contribution in [3.05, 3.63) is 15.8 Å². The number of thiophene rings is 1. The molecule has 6 nitrogen and oxygen atoms in total. The van der Waals surface area contributed by atoms with Gasteiger partial charge in [0, 0.05) is 6.54 Å². The van der Waals surface area contributed by atoms with E-state index in [-0.39, 0.29) is 18.2 Å². The molecule has 2 rings (SSSR count). The van der Waals surface area contributed by atoms with Gasteiger partial charge in [0.15, 0.2) is 0 Å². The summed E-state index contributed by atoms with van der Waals surface area (Å²) >= 11 is 1.26. The van der Waals surface area contributed by atoms with E-state index in [4.69, 9.17) is 4.74 Å². The van der Waals surface area contributed by atoms with Gasteiger partial charge < -0.3 is 10.1 Å². The van der Waals surface area contributed by atoms with E-state index < -0.39 is 12.0 Å². The highest BCUT2D eigenvalue weighted by Crippen LogP contribution is 2.30. The van der Waals surface area contributed by atoms with Crippen LogP contribution in [0.1, 0.15) is 35.0 Å². The van der Waals surface area contributed by atoms with E-state index in [0.29, 0.717) is 17.1 Å². The zero-order valence-corrected chi connectivity index (χ0v) is 13.1. The molecular weight excluding hydrogens is 292 g/mol. The van der Waals surface area contributed by atoms with Crippen molar-refractivity contribution in [1.29, 1.82) is 0 Å². The third-order valence-electron chi connectivity index (χ3n) is 3.36. The van der Waals surface area contributed by atoms with Crippen molar-refractivity contribution in [3.8, 4) is 0 Å². The van der Waals surface area contributed by atoms with E-state index in [1.54, 1.807) is 0 Å². The zero-order valence-electron chi connectivity index (χ0n) is 12.3. The number of carbonyl (C=O) groups excluding carboxylic acids is 3. The molecule has 1 aliphatic rings. The molecule has 7 heteroatoms. The van der Waals surface area contributed by atoms with Crippen molar-refractivity contribution in [2.45, 2.75) is 32.7 Å². The lowest BCUT2D eigenvalue weighted by molar-refractivity contribution is -0.138. The maximum absolute atomic E-state index is 12.2. The smallest absolute Gasteiger partial charge is 0.350 e. The molecule has 1 atom stereocenters. The molecular formula is C14H18N2O4S. The fourth-order valence-corrected chi connectivity index (χ4v) is 3.22. The topological polar surface area (TPSA) is 75.7 Å². The number of nitrogens with one attached hydrogen (secondary N) is 1. The van der Waals surface area contributed by atoms with E-state index in [2.05, 4.69) is 5.32 Å². The van der Waals surface area contributed by atoms with E-state index in [9.17, 15) is 14.4 Å². The lowest BCUT2D eigenvalue weighted by Crippen LogP contribution is -2.35. The standard InChI is InChI=1S/C14H18N2O4S/c1-4-5-16-10(17)6-9(13(16)18)15-11-8(2)7-21-12(11)14(19)20-3/h7,9,15H,4-6H2,1-3H3. The third-order valence-corrected chi connectivity index (χ3v) is 4.43. The summed E-state index contributed by atoms with van der Waals surface area (Å²) in [5.41, 5.74) is 1.44. The summed E-state index contributed by atoms with van der Waals surface area (Å²) in [6.45, 7) is 4.19. The molecule has 2 amide bonds. The molecule has 1 aliphatic heterocycles. The van der Waals surface area contributed by atoms with Gasteiger partial charge in [-0.15, -0.1) is 11.3 Å². The maximum atomic E-state index is 12.2. The van der Waals surface area contributed by atoms with Crippen LogP contribution in [0.25, 0.3) is 0 Å². The van der Waals surface area contributed by atoms with Gasteiger partial charge in [-0.1, -0.05) is 6.92 Å². The Morgan fingerprint density at radius 1 is 1.52 bits per heavy atom. The minimum atomic E-state index is -0.610. The largest absolute Gasteiger partial charge is 0.465 e. The monoisotopic (exact) mass is 310 g/mol. The number of anilines is 1. The number of hydrogen-bond acceptors (Lipinski definition) is 6. The molecule has 0 radical (unpaired) electrons. The normalized spacial score (nSPS) is 18.2. The quantitative estimate of drug-likeness (QED) is 0.663. The second-order valence-corrected chi connectivity index (χ2v) is 5.78. The van der Waals surface area contributed by atoms with Gasteiger partial charge in [0.25, 0.3) is 5.91 Å². The van der Waals surface area contributed by atoms with Gasteiger partial charge in [-0.3, -0.25) is 14.5 Å². The summed E-state index contributed by atoms with van der Waals surface area (Å²) in [6.07, 6.45) is 0.851. The number of esters is 1. The molecule has 2 heterocycles. The lowest BCUT2D eigenvalue weighted by atomic mass is 10.2. The van der Waals surface area contributed by atoms with Crippen LogP contribution in [0.15, 0.2) is 5.38 Å². The molecule has 1 saturated heterocycles. The van der Waals surface area contributed by atoms with Crippen LogP contribution in [-0.2, 0) is 14.3 Å². The summed E-state index contributed by atoms with van der Waals surface area (Å²) in [4.78, 5) is 37.5. The Morgan fingerprint density at radius 2 is 2.24 bits per heavy atom. The molecule has 1 aromatic rings. The van der Waals surface area contributed by atoms with Crippen LogP contribution in [0, 0.1) is 6.92 Å². The van der Waals surface area contributed by atoms with Gasteiger partial charge in [-0.25, -0.2) is 4.79 Å². The van der Waals surface area contributed by atoms with Crippen LogP contribution in [0.4, 0.5) is 5.69 Å². The summed E-state index contributed by atoms with van der Waals surface area (Å²) < 4.78 is 4.73. The van der Waals surface area contributed by atoms with Gasteiger partial charge >= 0.3 is 5.97 Å². The van der Waals surface area contributed by atoms with Crippen LogP contribution in [0.2, 0.25) is 0 Å². The Morgan fingerprint density at radius 3 is 2.86 bits per heavy atom. The SMILES string of the molecule is CCCN1C(=O)CC(Nc2c(C)csc2C(=O)OC)C1=O. The number of likely N-dealkylation sites (tertiary alicyclic amines) is 1. The molecule has 0 bridgehead atoms. The molecule has 21 heavy (non-hydrogen) atoms. The number of carbonyl (C=O) groups is 3. The number of hydrogen-bond donors (Lipinski definition) is 1. The minimum absolute atomic E-state index is 0.120. The average Bonchev–Trinajstić information content (AvgIpc) is 2.95. The Bertz CT molecular complexity index is 582. The summed E-state index contributed by atoms with van der Waals surface area (Å²) in [5.74, 6) is -0.854. The Kier molecular flexibility index (Phi) is 4.62. The van der Waals surface area contributed by atoms with E-state index >= 15 is 0 Å². The highest BCUT2D eigenvalue weighted by atomic mass is 32.1. The Balaban J connectivity index is 2.20. The van der Waals surface area contributed by atoms with Crippen LogP contribution in [0.5, 0.6) is 0 Å². The number of rotatable bonds is 5. The first-order valence-corrected chi connectivity index (χ1v) is 7.64. The minimum Gasteiger partial charge on any atom is -0.465 e. The molecule has 1 N–H and O–H groups in total. The van der Waals surface area contributed by atoms with Crippen molar-refractivity contribution < 1.29 is 19.1 Å². The second-order valence-electron chi connectivity index (χ2n) is 4.90. The van der Waals surface area contributed by atoms with E-state index in [1.165, 1.54) is 23.3 Å². The highest BCUT2D eigenvalue weighted by molar-refractivity contribution is 7.12. The Hall–Kier alpha value is -1.89. The first-order chi connectivity index (χ1) is 9.99. The van der Waals surface area contributed by atoms with Gasteiger partial charge in [0.2, 0.25) is 5.91 Å². The molecule has 0 aliphatic carbocycles. The van der Waals surface area contributed by atoms with E-state index in [1.807, 2.05) is 19.2 Å². The van der Waals surface area contributed by atoms with E-state index in [0.717, 1.165) is 12.0 Å². The second kappa shape index (κ2) is 6.26. The van der Waals surface area contributed by atoms with Gasteiger partial charge in [0.1, 0.15) is 10.9 Å². The van der Waals surface area contributed by atoms with Crippen LogP contribution < -0.4 is 5.32 Å². The third kappa shape index (κ3) is 2.92. The van der Waals surface area contributed by atoms with Crippen LogP contribution >= 0.6 is 11.3 Å². The number of ether oxygens (including phenoxy) is 1. The Labute approximate surface area is 127 Å². The summed E-state index contributed by atoms with van der Waals surface area (Å²) in [5, 5.41) is 4.86. The average molecular weight is 310 g/mol. The van der Waals surface area contributed by atoms with Crippen molar-refractivity contribution in [3.63, 3.8) is 0 Å². The van der Waals surface area contributed by atoms with Crippen LogP contribution in [-0.4, -0.2) is 42.4 Å². The number of aryl methyl sites for hydroxylation is 1. The summed E-state index contributed by atoms with van der Waals surface area (Å²) in [6, 6.07) is -0.610. The first-order valence-electron chi connectivity index (χ1n) is 6.76. The number of nitrogens with zero attached hydrogens (tertiary/aromatic N) is 1. The number of imide groups is 1. The van der Waals surface area contributed by atoms with Crippen LogP contribution in [0.3, 0.4) is 0 Å². The van der Waals surface area contributed by atoms with Crippen molar-refractivity contribution in [1.82, 2.24) is 4.90 Å². The fourth-order valence-electron chi connectivity index (χ4n) is 2.30. The number of amides is 2. The fraction of sp³-hybridized carbons (Fsp3) is 0.500. The zero-order chi connectivity index (χ0) is 15.6. The predicted octanol–water partition coefficient (Wildman–Crippen LogP) is 1.79.